The number of hydrogen-bond acceptors (Lipinski definition) is 2. The van der Waals surface area contributed by atoms with Crippen LogP contribution in [-0.2, 0) is 0 Å². The summed E-state index contributed by atoms with van der Waals surface area (Å²) in [6, 6.07) is 9.58. The molecule has 0 aromatic heterocycles. The second-order valence-electron chi connectivity index (χ2n) is 3.57. The third-order valence-corrected chi connectivity index (χ3v) is 2.61. The van der Waals surface area contributed by atoms with E-state index in [0.717, 1.165) is 17.8 Å². The topological polar surface area (TPSA) is 24.1 Å². The quantitative estimate of drug-likeness (QED) is 0.646. The van der Waals surface area contributed by atoms with E-state index in [1.807, 2.05) is 12.1 Å². The Morgan fingerprint density at radius 2 is 2.43 bits per heavy atom. The second-order valence-corrected chi connectivity index (χ2v) is 3.57. The maximum Gasteiger partial charge on any atom is 0.0698 e. The van der Waals surface area contributed by atoms with Crippen LogP contribution in [0, 0.1) is 6.07 Å². The summed E-state index contributed by atoms with van der Waals surface area (Å²) in [5, 5.41) is 6.88. The number of fused-ring (bicyclic) bond motifs is 2. The molecule has 2 nitrogen and oxygen atoms in total. The van der Waals surface area contributed by atoms with Crippen molar-refractivity contribution in [3.8, 4) is 0 Å². The molecule has 1 radical (unpaired) electrons. The first-order chi connectivity index (χ1) is 6.93. The lowest BCUT2D eigenvalue weighted by Gasteiger charge is -2.31. The van der Waals surface area contributed by atoms with E-state index in [0.29, 0.717) is 6.04 Å². The molecule has 1 aliphatic heterocycles. The highest BCUT2D eigenvalue weighted by molar-refractivity contribution is 5.74. The Labute approximate surface area is 83.3 Å². The van der Waals surface area contributed by atoms with Crippen LogP contribution >= 0.6 is 0 Å². The number of para-hydroxylation sites is 1. The number of nitrogens with one attached hydrogen (secondary N) is 2. The molecule has 0 saturated carbocycles. The van der Waals surface area contributed by atoms with Gasteiger partial charge in [0.2, 0.25) is 0 Å². The first kappa shape index (κ1) is 7.68. The Kier molecular flexibility index (Phi) is 1.60. The number of allylic oxidation sites excluding steroid dienone is 2. The first-order valence-corrected chi connectivity index (χ1v) is 4.84. The Morgan fingerprint density at radius 3 is 3.43 bits per heavy atom. The van der Waals surface area contributed by atoms with Gasteiger partial charge in [-0.05, 0) is 18.6 Å². The molecule has 2 aliphatic rings. The lowest BCUT2D eigenvalue weighted by molar-refractivity contribution is 0.819. The highest BCUT2D eigenvalue weighted by Gasteiger charge is 2.21. The highest BCUT2D eigenvalue weighted by atomic mass is 15.1. The summed E-state index contributed by atoms with van der Waals surface area (Å²) >= 11 is 0. The van der Waals surface area contributed by atoms with Gasteiger partial charge in [-0.2, -0.15) is 0 Å². The Bertz CT molecular complexity index is 418. The fourth-order valence-corrected chi connectivity index (χ4v) is 1.89. The Balaban J connectivity index is 2.03. The lowest BCUT2D eigenvalue weighted by atomic mass is 10.0. The van der Waals surface area contributed by atoms with E-state index in [2.05, 4.69) is 41.0 Å². The summed E-state index contributed by atoms with van der Waals surface area (Å²) in [4.78, 5) is 0. The van der Waals surface area contributed by atoms with Gasteiger partial charge in [0.25, 0.3) is 0 Å². The molecule has 1 atom stereocenters. The van der Waals surface area contributed by atoms with Crippen LogP contribution in [-0.4, -0.2) is 6.04 Å². The predicted molar refractivity (Wildman–Crippen MR) is 58.2 cm³/mol. The number of benzene rings is 1. The molecule has 1 aliphatic carbocycles. The largest absolute Gasteiger partial charge is 0.374 e. The van der Waals surface area contributed by atoms with Gasteiger partial charge in [0.1, 0.15) is 0 Å². The number of rotatable bonds is 0. The molecule has 1 unspecified atom stereocenters. The normalized spacial score (nSPS) is 22.6. The summed E-state index contributed by atoms with van der Waals surface area (Å²) in [7, 11) is 0. The molecular weight excluding hydrogens is 172 g/mol. The zero-order valence-corrected chi connectivity index (χ0v) is 7.75. The summed E-state index contributed by atoms with van der Waals surface area (Å²) in [5.74, 6) is 0. The van der Waals surface area contributed by atoms with Crippen LogP contribution in [0.1, 0.15) is 6.42 Å². The Morgan fingerprint density at radius 1 is 1.43 bits per heavy atom. The van der Waals surface area contributed by atoms with E-state index in [9.17, 15) is 0 Å². The van der Waals surface area contributed by atoms with Crippen molar-refractivity contribution < 1.29 is 0 Å². The average Bonchev–Trinajstić information content (AvgIpc) is 2.26. The predicted octanol–water partition coefficient (Wildman–Crippen LogP) is 2.54. The van der Waals surface area contributed by atoms with Crippen molar-refractivity contribution in [1.29, 1.82) is 0 Å². The zero-order valence-electron chi connectivity index (χ0n) is 7.75. The average molecular weight is 183 g/mol. The van der Waals surface area contributed by atoms with Crippen LogP contribution in [0.3, 0.4) is 0 Å². The molecule has 1 aromatic rings. The van der Waals surface area contributed by atoms with Crippen molar-refractivity contribution >= 4 is 11.4 Å². The third-order valence-electron chi connectivity index (χ3n) is 2.61. The molecule has 0 amide bonds. The second kappa shape index (κ2) is 2.91. The van der Waals surface area contributed by atoms with Crippen molar-refractivity contribution in [3.63, 3.8) is 0 Å². The van der Waals surface area contributed by atoms with Gasteiger partial charge in [-0.25, -0.2) is 0 Å². The van der Waals surface area contributed by atoms with E-state index in [-0.39, 0.29) is 0 Å². The van der Waals surface area contributed by atoms with Gasteiger partial charge in [0.15, 0.2) is 0 Å². The minimum Gasteiger partial charge on any atom is -0.374 e. The van der Waals surface area contributed by atoms with Crippen LogP contribution in [0.15, 0.2) is 42.1 Å². The SMILES string of the molecule is [c]1cccc2c1NC1CC=CC=C1N2. The molecule has 2 heteroatoms. The maximum atomic E-state index is 3.46. The van der Waals surface area contributed by atoms with Crippen LogP contribution in [0.5, 0.6) is 0 Å². The fourth-order valence-electron chi connectivity index (χ4n) is 1.89. The minimum atomic E-state index is 0.395. The number of hydrogen-bond donors (Lipinski definition) is 2. The van der Waals surface area contributed by atoms with E-state index < -0.39 is 0 Å². The van der Waals surface area contributed by atoms with E-state index in [4.69, 9.17) is 0 Å². The standard InChI is InChI=1S/C12H11N2/c1-2-6-10-9(5-1)13-11-7-3-4-8-12(11)14-10/h1-5,7,10,13-14H,6H2. The van der Waals surface area contributed by atoms with Gasteiger partial charge in [-0.3, -0.25) is 0 Å². The van der Waals surface area contributed by atoms with E-state index >= 15 is 0 Å². The monoisotopic (exact) mass is 183 g/mol. The van der Waals surface area contributed by atoms with Crippen molar-refractivity contribution in [2.75, 3.05) is 10.6 Å². The van der Waals surface area contributed by atoms with Gasteiger partial charge in [-0.15, -0.1) is 0 Å². The summed E-state index contributed by atoms with van der Waals surface area (Å²) < 4.78 is 0. The van der Waals surface area contributed by atoms with Gasteiger partial charge >= 0.3 is 0 Å². The van der Waals surface area contributed by atoms with Crippen LogP contribution in [0.2, 0.25) is 0 Å². The zero-order chi connectivity index (χ0) is 9.38. The van der Waals surface area contributed by atoms with Gasteiger partial charge in [0.05, 0.1) is 17.4 Å². The molecule has 2 N–H and O–H groups in total. The molecule has 1 aromatic carbocycles. The summed E-state index contributed by atoms with van der Waals surface area (Å²) in [6.45, 7) is 0. The molecule has 3 rings (SSSR count). The van der Waals surface area contributed by atoms with Crippen molar-refractivity contribution in [2.45, 2.75) is 12.5 Å². The molecule has 14 heavy (non-hydrogen) atoms. The van der Waals surface area contributed by atoms with Crippen LogP contribution in [0.4, 0.5) is 11.4 Å². The van der Waals surface area contributed by atoms with E-state index in [1.54, 1.807) is 0 Å². The molecule has 0 spiro atoms. The van der Waals surface area contributed by atoms with Crippen molar-refractivity contribution in [2.24, 2.45) is 0 Å². The lowest BCUT2D eigenvalue weighted by Crippen LogP contribution is -2.31. The summed E-state index contributed by atoms with van der Waals surface area (Å²) in [6.07, 6.45) is 7.44. The Hall–Kier alpha value is -1.70. The molecule has 0 bridgehead atoms. The third kappa shape index (κ3) is 1.11. The molecule has 1 heterocycles. The van der Waals surface area contributed by atoms with Crippen molar-refractivity contribution in [1.82, 2.24) is 0 Å². The summed E-state index contributed by atoms with van der Waals surface area (Å²) in [5.41, 5.74) is 3.44. The maximum absolute atomic E-state index is 3.46. The van der Waals surface area contributed by atoms with Gasteiger partial charge in [0, 0.05) is 11.8 Å². The van der Waals surface area contributed by atoms with Gasteiger partial charge < -0.3 is 10.6 Å². The molecule has 0 fully saturated rings. The van der Waals surface area contributed by atoms with Crippen LogP contribution < -0.4 is 10.6 Å². The molecule has 69 valence electrons. The van der Waals surface area contributed by atoms with Crippen molar-refractivity contribution in [3.05, 3.63) is 48.2 Å². The molecular formula is C12H11N2. The van der Waals surface area contributed by atoms with Crippen LogP contribution in [0.25, 0.3) is 0 Å². The van der Waals surface area contributed by atoms with Gasteiger partial charge in [-0.1, -0.05) is 24.3 Å². The fraction of sp³-hybridized carbons (Fsp3) is 0.167. The minimum absolute atomic E-state index is 0.395. The van der Waals surface area contributed by atoms with E-state index in [1.165, 1.54) is 5.70 Å². The smallest absolute Gasteiger partial charge is 0.0698 e. The molecule has 0 saturated heterocycles. The number of anilines is 2. The first-order valence-electron chi connectivity index (χ1n) is 4.84. The highest BCUT2D eigenvalue weighted by Crippen LogP contribution is 2.31.